The molecule has 1 aliphatic rings. The van der Waals surface area contributed by atoms with Gasteiger partial charge < -0.3 is 15.0 Å². The number of nitrogens with zero attached hydrogens (tertiary/aromatic N) is 2. The molecule has 0 amide bonds. The smallest absolute Gasteiger partial charge is 0.0516 e. The number of benzene rings is 1. The minimum Gasteiger partial charge on any atom is -0.733 e. The summed E-state index contributed by atoms with van der Waals surface area (Å²) in [5, 5.41) is 20.9. The van der Waals surface area contributed by atoms with Crippen molar-refractivity contribution >= 4 is 16.6 Å². The van der Waals surface area contributed by atoms with Gasteiger partial charge in [0, 0.05) is 23.6 Å². The second-order valence-electron chi connectivity index (χ2n) is 4.67. The van der Waals surface area contributed by atoms with Gasteiger partial charge in [-0.15, -0.1) is 0 Å². The van der Waals surface area contributed by atoms with Gasteiger partial charge in [-0.1, -0.05) is 0 Å². The molecule has 1 aromatic carbocycles. The van der Waals surface area contributed by atoms with Crippen LogP contribution in [-0.4, -0.2) is 9.77 Å². The minimum absolute atomic E-state index is 0.0678. The van der Waals surface area contributed by atoms with Crippen LogP contribution in [0, 0.1) is 5.21 Å². The highest BCUT2D eigenvalue weighted by Gasteiger charge is 2.18. The molecule has 0 radical (unpaired) electrons. The van der Waals surface area contributed by atoms with Gasteiger partial charge in [0.15, 0.2) is 0 Å². The Morgan fingerprint density at radius 2 is 2.06 bits per heavy atom. The second-order valence-corrected chi connectivity index (χ2v) is 4.67. The molecular formula is C13H15N2O2-. The van der Waals surface area contributed by atoms with E-state index in [1.54, 1.807) is 12.1 Å². The molecule has 3 rings (SSSR count). The van der Waals surface area contributed by atoms with Gasteiger partial charge in [-0.3, -0.25) is 5.21 Å². The monoisotopic (exact) mass is 231 g/mol. The Morgan fingerprint density at radius 3 is 2.82 bits per heavy atom. The fourth-order valence-corrected chi connectivity index (χ4v) is 2.87. The van der Waals surface area contributed by atoms with E-state index >= 15 is 0 Å². The molecule has 0 saturated carbocycles. The first kappa shape index (κ1) is 10.6. The first-order chi connectivity index (χ1) is 8.18. The highest BCUT2D eigenvalue weighted by atomic mass is 16.8. The number of aromatic nitrogens is 1. The largest absolute Gasteiger partial charge is 0.733 e. The normalized spacial score (nSPS) is 15.0. The molecule has 1 heterocycles. The van der Waals surface area contributed by atoms with Crippen molar-refractivity contribution in [1.29, 1.82) is 0 Å². The molecule has 0 saturated heterocycles. The molecule has 0 atom stereocenters. The Labute approximate surface area is 99.6 Å². The maximum atomic E-state index is 10.9. The lowest BCUT2D eigenvalue weighted by atomic mass is 9.95. The third-order valence-electron chi connectivity index (χ3n) is 3.73. The molecule has 0 fully saturated rings. The molecule has 1 aromatic heterocycles. The molecule has 1 N–H and O–H groups in total. The summed E-state index contributed by atoms with van der Waals surface area (Å²) in [6.45, 7) is 0. The third kappa shape index (κ3) is 1.52. The standard InChI is InChI=1S/C13H15N2O2/c1-14-12-5-3-2-4-10(12)11-8-9(15(16)17)6-7-13(11)14/h6-8,16H,2-5H2,1H3/q-1. The van der Waals surface area contributed by atoms with Gasteiger partial charge >= 0.3 is 0 Å². The Kier molecular flexibility index (Phi) is 2.34. The predicted octanol–water partition coefficient (Wildman–Crippen LogP) is 2.75. The van der Waals surface area contributed by atoms with Crippen LogP contribution in [0.5, 0.6) is 0 Å². The first-order valence-electron chi connectivity index (χ1n) is 5.95. The molecule has 4 heteroatoms. The van der Waals surface area contributed by atoms with Crippen LogP contribution in [0.2, 0.25) is 0 Å². The minimum atomic E-state index is -0.0678. The molecular weight excluding hydrogens is 216 g/mol. The Morgan fingerprint density at radius 1 is 1.29 bits per heavy atom. The van der Waals surface area contributed by atoms with Gasteiger partial charge in [0.25, 0.3) is 0 Å². The van der Waals surface area contributed by atoms with E-state index in [0.717, 1.165) is 23.7 Å². The van der Waals surface area contributed by atoms with E-state index in [1.807, 2.05) is 6.07 Å². The van der Waals surface area contributed by atoms with E-state index in [-0.39, 0.29) is 5.23 Å². The molecule has 0 bridgehead atoms. The van der Waals surface area contributed by atoms with Crippen LogP contribution in [0.1, 0.15) is 24.1 Å². The molecule has 1 aliphatic carbocycles. The van der Waals surface area contributed by atoms with E-state index in [1.165, 1.54) is 24.1 Å². The van der Waals surface area contributed by atoms with Crippen molar-refractivity contribution in [2.24, 2.45) is 7.05 Å². The highest BCUT2D eigenvalue weighted by Crippen LogP contribution is 2.33. The average molecular weight is 231 g/mol. The zero-order chi connectivity index (χ0) is 12.0. The lowest BCUT2D eigenvalue weighted by Crippen LogP contribution is -2.06. The number of fused-ring (bicyclic) bond motifs is 3. The molecule has 0 aliphatic heterocycles. The van der Waals surface area contributed by atoms with E-state index < -0.39 is 0 Å². The van der Waals surface area contributed by atoms with Gasteiger partial charge in [0.2, 0.25) is 0 Å². The van der Waals surface area contributed by atoms with Gasteiger partial charge in [0.1, 0.15) is 0 Å². The summed E-state index contributed by atoms with van der Waals surface area (Å²) in [5.74, 6) is 0. The molecule has 4 nitrogen and oxygen atoms in total. The van der Waals surface area contributed by atoms with Crippen molar-refractivity contribution in [2.75, 3.05) is 5.23 Å². The maximum absolute atomic E-state index is 10.9. The summed E-state index contributed by atoms with van der Waals surface area (Å²) in [5.41, 5.74) is 4.16. The molecule has 0 spiro atoms. The molecule has 2 aromatic rings. The van der Waals surface area contributed by atoms with Crippen molar-refractivity contribution in [1.82, 2.24) is 4.57 Å². The van der Waals surface area contributed by atoms with E-state index in [4.69, 9.17) is 5.21 Å². The van der Waals surface area contributed by atoms with E-state index in [2.05, 4.69) is 11.6 Å². The van der Waals surface area contributed by atoms with E-state index in [0.29, 0.717) is 5.69 Å². The predicted molar refractivity (Wildman–Crippen MR) is 67.2 cm³/mol. The van der Waals surface area contributed by atoms with Crippen molar-refractivity contribution in [2.45, 2.75) is 25.7 Å². The van der Waals surface area contributed by atoms with Crippen LogP contribution in [0.25, 0.3) is 10.9 Å². The summed E-state index contributed by atoms with van der Waals surface area (Å²) >= 11 is 0. The lowest BCUT2D eigenvalue weighted by molar-refractivity contribution is 0.296. The van der Waals surface area contributed by atoms with Gasteiger partial charge in [-0.05, 0) is 49.4 Å². The van der Waals surface area contributed by atoms with Gasteiger partial charge in [-0.25, -0.2) is 0 Å². The summed E-state index contributed by atoms with van der Waals surface area (Å²) in [7, 11) is 2.07. The Balaban J connectivity index is 2.28. The second kappa shape index (κ2) is 3.75. The summed E-state index contributed by atoms with van der Waals surface area (Å²) < 4.78 is 2.21. The van der Waals surface area contributed by atoms with Crippen molar-refractivity contribution < 1.29 is 5.21 Å². The Bertz CT molecular complexity index is 572. The van der Waals surface area contributed by atoms with E-state index in [9.17, 15) is 5.21 Å². The van der Waals surface area contributed by atoms with Crippen LogP contribution in [0.3, 0.4) is 0 Å². The van der Waals surface area contributed by atoms with Crippen LogP contribution in [0.15, 0.2) is 18.2 Å². The number of aryl methyl sites for hydroxylation is 2. The number of hydrogen-bond donors (Lipinski definition) is 1. The highest BCUT2D eigenvalue weighted by molar-refractivity contribution is 5.88. The summed E-state index contributed by atoms with van der Waals surface area (Å²) in [4.78, 5) is 0. The number of rotatable bonds is 1. The first-order valence-corrected chi connectivity index (χ1v) is 5.95. The third-order valence-corrected chi connectivity index (χ3v) is 3.73. The van der Waals surface area contributed by atoms with Gasteiger partial charge in [-0.2, -0.15) is 0 Å². The van der Waals surface area contributed by atoms with Crippen LogP contribution >= 0.6 is 0 Å². The van der Waals surface area contributed by atoms with Gasteiger partial charge in [0.05, 0.1) is 5.69 Å². The molecule has 90 valence electrons. The zero-order valence-corrected chi connectivity index (χ0v) is 9.81. The summed E-state index contributed by atoms with van der Waals surface area (Å²) in [6, 6.07) is 5.34. The molecule has 17 heavy (non-hydrogen) atoms. The fourth-order valence-electron chi connectivity index (χ4n) is 2.87. The SMILES string of the molecule is Cn1c2c(c3cc(N([O-])O)ccc31)CCCC2. The van der Waals surface area contributed by atoms with Crippen LogP contribution < -0.4 is 5.23 Å². The topological polar surface area (TPSA) is 51.5 Å². The molecule has 0 unspecified atom stereocenters. The van der Waals surface area contributed by atoms with Crippen LogP contribution in [0.4, 0.5) is 5.69 Å². The number of anilines is 1. The van der Waals surface area contributed by atoms with Crippen molar-refractivity contribution in [3.05, 3.63) is 34.7 Å². The van der Waals surface area contributed by atoms with Crippen LogP contribution in [-0.2, 0) is 19.9 Å². The van der Waals surface area contributed by atoms with Crippen molar-refractivity contribution in [3.8, 4) is 0 Å². The fraction of sp³-hybridized carbons (Fsp3) is 0.385. The number of hydrogen-bond acceptors (Lipinski definition) is 3. The lowest BCUT2D eigenvalue weighted by Gasteiger charge is -2.21. The zero-order valence-electron chi connectivity index (χ0n) is 9.81. The summed E-state index contributed by atoms with van der Waals surface area (Å²) in [6.07, 6.45) is 4.62. The van der Waals surface area contributed by atoms with Crippen molar-refractivity contribution in [3.63, 3.8) is 0 Å². The Hall–Kier alpha value is -1.52. The average Bonchev–Trinajstić information content (AvgIpc) is 2.64. The quantitative estimate of drug-likeness (QED) is 0.768. The maximum Gasteiger partial charge on any atom is 0.0516 e.